The molecular formula is C18H29N5S. The fourth-order valence-electron chi connectivity index (χ4n) is 2.68. The molecule has 0 spiro atoms. The van der Waals surface area contributed by atoms with E-state index in [0.29, 0.717) is 0 Å². The van der Waals surface area contributed by atoms with Crippen molar-refractivity contribution in [3.05, 3.63) is 38.8 Å². The number of aliphatic imine (C=N–C) groups is 1. The second-order valence-corrected chi connectivity index (χ2v) is 7.12. The standard InChI is InChI=1S/C18H29N5S/c1-6-15-8-9-16(24-15)12-21-18(19-7-2)20-11-10-17-13(3)22-23(5)14(17)4/h8-9H,6-7,10-12H2,1-5H3,(H2,19,20,21). The van der Waals surface area contributed by atoms with Crippen LogP contribution in [-0.2, 0) is 26.4 Å². The average Bonchev–Trinajstić information content (AvgIpc) is 3.12. The molecule has 0 bridgehead atoms. The van der Waals surface area contributed by atoms with Crippen molar-refractivity contribution in [3.63, 3.8) is 0 Å². The van der Waals surface area contributed by atoms with E-state index in [9.17, 15) is 0 Å². The van der Waals surface area contributed by atoms with Gasteiger partial charge in [0.05, 0.1) is 12.2 Å². The number of nitrogens with zero attached hydrogens (tertiary/aromatic N) is 3. The molecule has 5 nitrogen and oxygen atoms in total. The van der Waals surface area contributed by atoms with E-state index in [2.05, 4.69) is 55.6 Å². The van der Waals surface area contributed by atoms with E-state index in [-0.39, 0.29) is 0 Å². The van der Waals surface area contributed by atoms with Crippen molar-refractivity contribution in [2.75, 3.05) is 13.1 Å². The minimum absolute atomic E-state index is 0.727. The van der Waals surface area contributed by atoms with Gasteiger partial charge in [0, 0.05) is 35.6 Å². The van der Waals surface area contributed by atoms with Gasteiger partial charge in [-0.15, -0.1) is 11.3 Å². The molecule has 0 aliphatic heterocycles. The molecule has 2 rings (SSSR count). The van der Waals surface area contributed by atoms with Gasteiger partial charge in [-0.3, -0.25) is 4.68 Å². The first-order valence-electron chi connectivity index (χ1n) is 8.64. The fourth-order valence-corrected chi connectivity index (χ4v) is 3.56. The minimum atomic E-state index is 0.727. The van der Waals surface area contributed by atoms with E-state index in [1.807, 2.05) is 23.1 Å². The van der Waals surface area contributed by atoms with Crippen LogP contribution in [0.3, 0.4) is 0 Å². The van der Waals surface area contributed by atoms with Gasteiger partial charge >= 0.3 is 0 Å². The largest absolute Gasteiger partial charge is 0.357 e. The van der Waals surface area contributed by atoms with Gasteiger partial charge in [0.25, 0.3) is 0 Å². The lowest BCUT2D eigenvalue weighted by Gasteiger charge is -2.11. The summed E-state index contributed by atoms with van der Waals surface area (Å²) in [4.78, 5) is 7.42. The van der Waals surface area contributed by atoms with Crippen molar-refractivity contribution in [1.82, 2.24) is 20.4 Å². The summed E-state index contributed by atoms with van der Waals surface area (Å²) in [5, 5.41) is 11.2. The molecule has 0 saturated carbocycles. The number of rotatable bonds is 7. The number of aromatic nitrogens is 2. The van der Waals surface area contributed by atoms with Crippen LogP contribution in [-0.4, -0.2) is 28.8 Å². The Labute approximate surface area is 149 Å². The molecule has 0 unspecified atom stereocenters. The minimum Gasteiger partial charge on any atom is -0.357 e. The Morgan fingerprint density at radius 3 is 2.54 bits per heavy atom. The number of nitrogens with one attached hydrogen (secondary N) is 2. The Morgan fingerprint density at radius 1 is 1.21 bits per heavy atom. The molecule has 0 atom stereocenters. The molecule has 2 N–H and O–H groups in total. The first-order chi connectivity index (χ1) is 11.5. The SMILES string of the molecule is CCNC(=NCc1ccc(CC)s1)NCCc1c(C)nn(C)c1C. The maximum absolute atomic E-state index is 4.70. The Hall–Kier alpha value is -1.82. The van der Waals surface area contributed by atoms with Crippen LogP contribution in [0.2, 0.25) is 0 Å². The quantitative estimate of drug-likeness (QED) is 0.598. The molecule has 24 heavy (non-hydrogen) atoms. The van der Waals surface area contributed by atoms with Gasteiger partial charge in [-0.05, 0) is 51.3 Å². The maximum atomic E-state index is 4.70. The third-order valence-electron chi connectivity index (χ3n) is 4.13. The van der Waals surface area contributed by atoms with Crippen LogP contribution in [0.5, 0.6) is 0 Å². The highest BCUT2D eigenvalue weighted by molar-refractivity contribution is 7.11. The Balaban J connectivity index is 1.91. The van der Waals surface area contributed by atoms with Crippen LogP contribution >= 0.6 is 11.3 Å². The summed E-state index contributed by atoms with van der Waals surface area (Å²) >= 11 is 1.85. The lowest BCUT2D eigenvalue weighted by atomic mass is 10.1. The molecule has 132 valence electrons. The van der Waals surface area contributed by atoms with Crippen LogP contribution in [0.1, 0.15) is 40.6 Å². The van der Waals surface area contributed by atoms with Crippen molar-refractivity contribution in [1.29, 1.82) is 0 Å². The summed E-state index contributed by atoms with van der Waals surface area (Å²) in [5.41, 5.74) is 3.68. The van der Waals surface area contributed by atoms with Crippen molar-refractivity contribution < 1.29 is 0 Å². The van der Waals surface area contributed by atoms with Crippen LogP contribution in [0.15, 0.2) is 17.1 Å². The van der Waals surface area contributed by atoms with E-state index in [1.165, 1.54) is 21.0 Å². The van der Waals surface area contributed by atoms with Crippen molar-refractivity contribution in [2.45, 2.75) is 47.1 Å². The molecule has 2 aromatic rings. The third-order valence-corrected chi connectivity index (χ3v) is 5.34. The average molecular weight is 348 g/mol. The molecule has 0 radical (unpaired) electrons. The summed E-state index contributed by atoms with van der Waals surface area (Å²) in [6.45, 7) is 10.9. The van der Waals surface area contributed by atoms with Gasteiger partial charge in [-0.1, -0.05) is 6.92 Å². The number of aryl methyl sites for hydroxylation is 3. The predicted molar refractivity (Wildman–Crippen MR) is 103 cm³/mol. The number of guanidine groups is 1. The van der Waals surface area contributed by atoms with Crippen LogP contribution in [0, 0.1) is 13.8 Å². The van der Waals surface area contributed by atoms with Crippen molar-refractivity contribution in [3.8, 4) is 0 Å². The normalized spacial score (nSPS) is 11.8. The number of thiophene rings is 1. The van der Waals surface area contributed by atoms with Gasteiger partial charge in [0.2, 0.25) is 0 Å². The van der Waals surface area contributed by atoms with E-state index in [4.69, 9.17) is 4.99 Å². The molecule has 0 aliphatic rings. The predicted octanol–water partition coefficient (Wildman–Crippen LogP) is 2.96. The summed E-state index contributed by atoms with van der Waals surface area (Å²) in [5.74, 6) is 0.878. The van der Waals surface area contributed by atoms with Gasteiger partial charge in [0.1, 0.15) is 0 Å². The van der Waals surface area contributed by atoms with Crippen LogP contribution in [0.4, 0.5) is 0 Å². The van der Waals surface area contributed by atoms with Gasteiger partial charge in [-0.25, -0.2) is 4.99 Å². The summed E-state index contributed by atoms with van der Waals surface area (Å²) in [7, 11) is 2.00. The highest BCUT2D eigenvalue weighted by Crippen LogP contribution is 2.17. The Bertz CT molecular complexity index is 684. The van der Waals surface area contributed by atoms with E-state index < -0.39 is 0 Å². The number of hydrogen-bond donors (Lipinski definition) is 2. The lowest BCUT2D eigenvalue weighted by molar-refractivity contribution is 0.729. The molecule has 2 heterocycles. The van der Waals surface area contributed by atoms with Gasteiger partial charge in [-0.2, -0.15) is 5.10 Å². The van der Waals surface area contributed by atoms with E-state index in [0.717, 1.165) is 44.1 Å². The third kappa shape index (κ3) is 4.84. The van der Waals surface area contributed by atoms with E-state index >= 15 is 0 Å². The van der Waals surface area contributed by atoms with Crippen molar-refractivity contribution >= 4 is 17.3 Å². The summed E-state index contributed by atoms with van der Waals surface area (Å²) < 4.78 is 1.95. The zero-order chi connectivity index (χ0) is 17.5. The molecule has 2 aromatic heterocycles. The maximum Gasteiger partial charge on any atom is 0.191 e. The fraction of sp³-hybridized carbons (Fsp3) is 0.556. The number of hydrogen-bond acceptors (Lipinski definition) is 3. The monoisotopic (exact) mass is 347 g/mol. The molecule has 0 aliphatic carbocycles. The first kappa shape index (κ1) is 18.5. The van der Waals surface area contributed by atoms with Gasteiger partial charge in [0.15, 0.2) is 5.96 Å². The summed E-state index contributed by atoms with van der Waals surface area (Å²) in [6, 6.07) is 4.38. The van der Waals surface area contributed by atoms with Crippen LogP contribution < -0.4 is 10.6 Å². The first-order valence-corrected chi connectivity index (χ1v) is 9.45. The molecule has 0 aromatic carbocycles. The molecule has 0 saturated heterocycles. The van der Waals surface area contributed by atoms with Crippen LogP contribution in [0.25, 0.3) is 0 Å². The second kappa shape index (κ2) is 8.87. The zero-order valence-electron chi connectivity index (χ0n) is 15.4. The summed E-state index contributed by atoms with van der Waals surface area (Å²) in [6.07, 6.45) is 2.05. The Morgan fingerprint density at radius 2 is 1.96 bits per heavy atom. The Kier molecular flexibility index (Phi) is 6.85. The molecule has 6 heteroatoms. The lowest BCUT2D eigenvalue weighted by Crippen LogP contribution is -2.38. The second-order valence-electron chi connectivity index (χ2n) is 5.87. The molecule has 0 amide bonds. The van der Waals surface area contributed by atoms with Gasteiger partial charge < -0.3 is 10.6 Å². The molecule has 0 fully saturated rings. The molecular weight excluding hydrogens is 318 g/mol. The van der Waals surface area contributed by atoms with E-state index in [1.54, 1.807) is 0 Å². The highest BCUT2D eigenvalue weighted by atomic mass is 32.1. The zero-order valence-corrected chi connectivity index (χ0v) is 16.3. The van der Waals surface area contributed by atoms with Crippen molar-refractivity contribution in [2.24, 2.45) is 12.0 Å². The smallest absolute Gasteiger partial charge is 0.191 e. The topological polar surface area (TPSA) is 54.2 Å². The highest BCUT2D eigenvalue weighted by Gasteiger charge is 2.09.